The van der Waals surface area contributed by atoms with E-state index in [1.807, 2.05) is 49.3 Å². The molecule has 1 amide bonds. The highest BCUT2D eigenvalue weighted by molar-refractivity contribution is 6.31. The molecule has 202 valence electrons. The van der Waals surface area contributed by atoms with Crippen molar-refractivity contribution in [1.29, 1.82) is 0 Å². The molecule has 5 rings (SSSR count). The first-order valence-electron chi connectivity index (χ1n) is 13.9. The third-order valence-corrected chi connectivity index (χ3v) is 8.24. The summed E-state index contributed by atoms with van der Waals surface area (Å²) in [6.07, 6.45) is 10.3. The molecule has 0 aliphatic heterocycles. The minimum Gasteiger partial charge on any atom is -0.466 e. The van der Waals surface area contributed by atoms with E-state index >= 15 is 0 Å². The molecule has 1 heterocycles. The number of carbonyl (C=O) groups is 2. The van der Waals surface area contributed by atoms with Crippen LogP contribution in [-0.2, 0) is 20.8 Å². The highest BCUT2D eigenvalue weighted by Crippen LogP contribution is 2.49. The lowest BCUT2D eigenvalue weighted by Crippen LogP contribution is -2.38. The van der Waals surface area contributed by atoms with Gasteiger partial charge < -0.3 is 14.5 Å². The second kappa shape index (κ2) is 11.6. The number of methoxy groups -OCH3 is 1. The number of anilines is 2. The number of benzene rings is 2. The van der Waals surface area contributed by atoms with E-state index < -0.39 is 12.5 Å². The molecule has 0 radical (unpaired) electrons. The molecular weight excluding hydrogens is 510 g/mol. The summed E-state index contributed by atoms with van der Waals surface area (Å²) in [5.74, 6) is 0.267. The van der Waals surface area contributed by atoms with Crippen LogP contribution in [0.15, 0.2) is 67.0 Å². The van der Waals surface area contributed by atoms with Gasteiger partial charge in [-0.05, 0) is 83.7 Å². The number of amides is 1. The standard InChI is InChI=1S/C32H34ClN3O3/c1-35(2)27-11-9-23(10-12-27)24-7-8-26(30(33)17-24)20-36(32(38)29-16-21-4-6-25(29)14-21)28-15-22(18-34-19-28)5-13-31(37)39-3/h5,7-13,15,17-19,21,25,29H,4,6,14,16,20H2,1-3H3/b13-5+/t21-,25+,29-/m1/s1/i20D/t20?,21-,25+,29-. The Kier molecular flexibility index (Phi) is 7.64. The van der Waals surface area contributed by atoms with Gasteiger partial charge in [-0.25, -0.2) is 4.79 Å². The van der Waals surface area contributed by atoms with E-state index in [4.69, 9.17) is 16.3 Å². The molecule has 2 saturated carbocycles. The summed E-state index contributed by atoms with van der Waals surface area (Å²) in [5, 5.41) is 0.426. The summed E-state index contributed by atoms with van der Waals surface area (Å²) in [7, 11) is 5.31. The van der Waals surface area contributed by atoms with Crippen LogP contribution in [0.4, 0.5) is 11.4 Å². The van der Waals surface area contributed by atoms with E-state index in [0.717, 1.165) is 36.1 Å². The van der Waals surface area contributed by atoms with Crippen molar-refractivity contribution in [2.24, 2.45) is 17.8 Å². The molecule has 2 fully saturated rings. The Hall–Kier alpha value is -3.64. The summed E-state index contributed by atoms with van der Waals surface area (Å²) < 4.78 is 14.0. The first kappa shape index (κ1) is 25.6. The van der Waals surface area contributed by atoms with Crippen molar-refractivity contribution in [1.82, 2.24) is 4.98 Å². The van der Waals surface area contributed by atoms with Crippen LogP contribution >= 0.6 is 11.6 Å². The molecule has 1 unspecified atom stereocenters. The van der Waals surface area contributed by atoms with Crippen LogP contribution in [0, 0.1) is 17.8 Å². The number of esters is 1. The summed E-state index contributed by atoms with van der Waals surface area (Å²) in [4.78, 5) is 33.6. The van der Waals surface area contributed by atoms with Gasteiger partial charge in [0.1, 0.15) is 0 Å². The fraction of sp³-hybridized carbons (Fsp3) is 0.344. The van der Waals surface area contributed by atoms with Gasteiger partial charge in [0.05, 0.1) is 26.9 Å². The van der Waals surface area contributed by atoms with E-state index in [1.165, 1.54) is 24.5 Å². The summed E-state index contributed by atoms with van der Waals surface area (Å²) >= 11 is 6.80. The number of aromatic nitrogens is 1. The quantitative estimate of drug-likeness (QED) is 0.235. The Bertz CT molecular complexity index is 1430. The monoisotopic (exact) mass is 544 g/mol. The first-order chi connectivity index (χ1) is 19.2. The van der Waals surface area contributed by atoms with Gasteiger partial charge in [-0.1, -0.05) is 42.3 Å². The summed E-state index contributed by atoms with van der Waals surface area (Å²) in [6.45, 7) is -1.06. The summed E-state index contributed by atoms with van der Waals surface area (Å²) in [5.41, 5.74) is 4.73. The van der Waals surface area contributed by atoms with Crippen LogP contribution in [0.2, 0.25) is 5.02 Å². The Morgan fingerprint density at radius 2 is 1.82 bits per heavy atom. The van der Waals surface area contributed by atoms with Gasteiger partial charge in [0.25, 0.3) is 0 Å². The van der Waals surface area contributed by atoms with Gasteiger partial charge in [-0.3, -0.25) is 9.78 Å². The lowest BCUT2D eigenvalue weighted by molar-refractivity contribution is -0.134. The number of hydrogen-bond acceptors (Lipinski definition) is 5. The maximum atomic E-state index is 14.1. The molecular formula is C32H34ClN3O3. The average molecular weight is 545 g/mol. The van der Waals surface area contributed by atoms with Crippen LogP contribution in [0.5, 0.6) is 0 Å². The molecule has 2 aliphatic rings. The SMILES string of the molecule is [2H]C(c1ccc(-c2ccc(N(C)C)cc2)cc1Cl)N(C(=O)[C@@H]1C[C@@H]2CC[C@H]1C2)c1cncc(/C=C/C(=O)OC)c1. The van der Waals surface area contributed by atoms with E-state index in [0.29, 0.717) is 33.7 Å². The van der Waals surface area contributed by atoms with Crippen LogP contribution in [0.25, 0.3) is 17.2 Å². The minimum absolute atomic E-state index is 0.0671. The molecule has 2 aromatic carbocycles. The summed E-state index contributed by atoms with van der Waals surface area (Å²) in [6, 6.07) is 15.6. The highest BCUT2D eigenvalue weighted by atomic mass is 35.5. The molecule has 1 aromatic heterocycles. The molecule has 4 atom stereocenters. The van der Waals surface area contributed by atoms with E-state index in [-0.39, 0.29) is 11.8 Å². The van der Waals surface area contributed by atoms with Crippen molar-refractivity contribution in [3.05, 3.63) is 83.2 Å². The van der Waals surface area contributed by atoms with Crippen molar-refractivity contribution in [3.63, 3.8) is 0 Å². The number of halogens is 1. The van der Waals surface area contributed by atoms with Gasteiger partial charge in [0, 0.05) is 43.0 Å². The molecule has 0 spiro atoms. The van der Waals surface area contributed by atoms with Crippen LogP contribution in [0.3, 0.4) is 0 Å². The lowest BCUT2D eigenvalue weighted by atomic mass is 9.87. The molecule has 0 N–H and O–H groups in total. The fourth-order valence-electron chi connectivity index (χ4n) is 5.79. The number of nitrogens with zero attached hydrogens (tertiary/aromatic N) is 3. The molecule has 2 bridgehead atoms. The zero-order valence-electron chi connectivity index (χ0n) is 23.5. The van der Waals surface area contributed by atoms with E-state index in [1.54, 1.807) is 24.5 Å². The third kappa shape index (κ3) is 6.01. The second-order valence-electron chi connectivity index (χ2n) is 10.6. The Morgan fingerprint density at radius 1 is 1.05 bits per heavy atom. The normalized spacial score (nSPS) is 21.0. The number of carbonyl (C=O) groups excluding carboxylic acids is 2. The number of hydrogen-bond donors (Lipinski definition) is 0. The van der Waals surface area contributed by atoms with Crippen molar-refractivity contribution in [2.75, 3.05) is 31.0 Å². The van der Waals surface area contributed by atoms with Crippen molar-refractivity contribution in [2.45, 2.75) is 32.2 Å². The average Bonchev–Trinajstić information content (AvgIpc) is 3.60. The Balaban J connectivity index is 1.48. The van der Waals surface area contributed by atoms with Crippen molar-refractivity contribution < 1.29 is 15.7 Å². The molecule has 2 aliphatic carbocycles. The Labute approximate surface area is 236 Å². The Morgan fingerprint density at radius 3 is 2.46 bits per heavy atom. The van der Waals surface area contributed by atoms with E-state index in [2.05, 4.69) is 17.1 Å². The molecule has 7 heteroatoms. The van der Waals surface area contributed by atoms with Crippen LogP contribution in [-0.4, -0.2) is 38.1 Å². The van der Waals surface area contributed by atoms with Gasteiger partial charge in [-0.15, -0.1) is 0 Å². The predicted octanol–water partition coefficient (Wildman–Crippen LogP) is 6.62. The first-order valence-corrected chi connectivity index (χ1v) is 13.7. The molecule has 6 nitrogen and oxygen atoms in total. The third-order valence-electron chi connectivity index (χ3n) is 7.91. The van der Waals surface area contributed by atoms with Crippen LogP contribution < -0.4 is 9.80 Å². The van der Waals surface area contributed by atoms with Gasteiger partial charge >= 0.3 is 5.97 Å². The van der Waals surface area contributed by atoms with Crippen molar-refractivity contribution in [3.8, 4) is 11.1 Å². The zero-order chi connectivity index (χ0) is 28.4. The second-order valence-corrected chi connectivity index (χ2v) is 11.0. The maximum Gasteiger partial charge on any atom is 0.330 e. The topological polar surface area (TPSA) is 62.7 Å². The molecule has 0 saturated heterocycles. The number of pyridine rings is 1. The predicted molar refractivity (Wildman–Crippen MR) is 157 cm³/mol. The number of rotatable bonds is 8. The number of fused-ring (bicyclic) bond motifs is 2. The van der Waals surface area contributed by atoms with Crippen LogP contribution in [0.1, 0.15) is 38.2 Å². The van der Waals surface area contributed by atoms with Gasteiger partial charge in [-0.2, -0.15) is 0 Å². The number of ether oxygens (including phenoxy) is 1. The van der Waals surface area contributed by atoms with Gasteiger partial charge in [0.15, 0.2) is 0 Å². The maximum absolute atomic E-state index is 14.1. The largest absolute Gasteiger partial charge is 0.466 e. The molecule has 39 heavy (non-hydrogen) atoms. The lowest BCUT2D eigenvalue weighted by Gasteiger charge is -2.30. The van der Waals surface area contributed by atoms with Crippen molar-refractivity contribution >= 4 is 40.9 Å². The van der Waals surface area contributed by atoms with E-state index in [9.17, 15) is 11.0 Å². The smallest absolute Gasteiger partial charge is 0.330 e. The zero-order valence-corrected chi connectivity index (χ0v) is 23.3. The highest BCUT2D eigenvalue weighted by Gasteiger charge is 2.44. The van der Waals surface area contributed by atoms with Gasteiger partial charge in [0.2, 0.25) is 5.91 Å². The fourth-order valence-corrected chi connectivity index (χ4v) is 6.02. The molecule has 3 aromatic rings. The minimum atomic E-state index is -1.06.